The van der Waals surface area contributed by atoms with Crippen LogP contribution < -0.4 is 4.72 Å². The van der Waals surface area contributed by atoms with Gasteiger partial charge in [-0.1, -0.05) is 32.9 Å². The molecule has 5 nitrogen and oxygen atoms in total. The Morgan fingerprint density at radius 3 is 2.19 bits per heavy atom. The second-order valence-electron chi connectivity index (χ2n) is 5.47. The van der Waals surface area contributed by atoms with E-state index >= 15 is 0 Å². The number of sulfonamides is 1. The molecule has 0 aromatic heterocycles. The summed E-state index contributed by atoms with van der Waals surface area (Å²) in [5.41, 5.74) is -0.443. The van der Waals surface area contributed by atoms with Gasteiger partial charge in [0.1, 0.15) is 5.54 Å². The molecule has 0 fully saturated rings. The first-order valence-electron chi connectivity index (χ1n) is 7.03. The average molecular weight is 313 g/mol. The first-order valence-corrected chi connectivity index (χ1v) is 8.52. The highest BCUT2D eigenvalue weighted by Crippen LogP contribution is 2.22. The lowest BCUT2D eigenvalue weighted by Gasteiger charge is -2.24. The molecule has 1 aromatic rings. The predicted molar refractivity (Wildman–Crippen MR) is 81.8 cm³/mol. The van der Waals surface area contributed by atoms with Gasteiger partial charge in [0.25, 0.3) is 0 Å². The average Bonchev–Trinajstić information content (AvgIpc) is 2.45. The van der Waals surface area contributed by atoms with E-state index in [9.17, 15) is 13.2 Å². The first-order chi connectivity index (χ1) is 9.66. The summed E-state index contributed by atoms with van der Waals surface area (Å²) in [5, 5.41) is 9.16. The monoisotopic (exact) mass is 313 g/mol. The van der Waals surface area contributed by atoms with Crippen LogP contribution >= 0.6 is 0 Å². The van der Waals surface area contributed by atoms with Crippen molar-refractivity contribution < 1.29 is 18.3 Å². The molecule has 6 heteroatoms. The molecule has 0 heterocycles. The molecule has 2 unspecified atom stereocenters. The zero-order valence-corrected chi connectivity index (χ0v) is 13.7. The van der Waals surface area contributed by atoms with Crippen molar-refractivity contribution in [1.82, 2.24) is 4.72 Å². The topological polar surface area (TPSA) is 83.5 Å². The van der Waals surface area contributed by atoms with Crippen LogP contribution in [0.3, 0.4) is 0 Å². The molecule has 21 heavy (non-hydrogen) atoms. The van der Waals surface area contributed by atoms with Gasteiger partial charge in [0, 0.05) is 0 Å². The fourth-order valence-electron chi connectivity index (χ4n) is 1.83. The van der Waals surface area contributed by atoms with Crippen LogP contribution in [0.2, 0.25) is 0 Å². The van der Waals surface area contributed by atoms with E-state index < -0.39 is 21.5 Å². The Morgan fingerprint density at radius 1 is 1.29 bits per heavy atom. The molecular formula is C15H23NO4S. The van der Waals surface area contributed by atoms with E-state index in [2.05, 4.69) is 18.6 Å². The SMILES string of the molecule is CCC(C)c1ccc(S(=O)(=O)NC(C)(CC)C(=O)O)cc1. The van der Waals surface area contributed by atoms with Crippen molar-refractivity contribution in [2.45, 2.75) is 56.9 Å². The number of nitrogens with one attached hydrogen (secondary N) is 1. The van der Waals surface area contributed by atoms with Gasteiger partial charge >= 0.3 is 5.97 Å². The quantitative estimate of drug-likeness (QED) is 0.810. The van der Waals surface area contributed by atoms with Crippen LogP contribution in [0, 0.1) is 0 Å². The maximum Gasteiger partial charge on any atom is 0.324 e. The third-order valence-electron chi connectivity index (χ3n) is 3.91. The van der Waals surface area contributed by atoms with Crippen LogP contribution in [-0.4, -0.2) is 25.0 Å². The molecule has 1 aromatic carbocycles. The highest BCUT2D eigenvalue weighted by molar-refractivity contribution is 7.89. The standard InChI is InChI=1S/C15H23NO4S/c1-5-11(3)12-7-9-13(10-8-12)21(19,20)16-15(4,6-2)14(17)18/h7-11,16H,5-6H2,1-4H3,(H,17,18). The maximum absolute atomic E-state index is 12.3. The number of benzene rings is 1. The normalized spacial score (nSPS) is 16.2. The van der Waals surface area contributed by atoms with Gasteiger partial charge in [0.05, 0.1) is 4.90 Å². The number of hydrogen-bond donors (Lipinski definition) is 2. The number of carbonyl (C=O) groups is 1. The van der Waals surface area contributed by atoms with E-state index in [-0.39, 0.29) is 11.3 Å². The molecule has 0 spiro atoms. The van der Waals surface area contributed by atoms with Crippen LogP contribution in [0.1, 0.15) is 52.0 Å². The van der Waals surface area contributed by atoms with Gasteiger partial charge in [-0.05, 0) is 43.4 Å². The molecule has 1 rings (SSSR count). The van der Waals surface area contributed by atoms with Crippen LogP contribution in [0.4, 0.5) is 0 Å². The molecule has 0 saturated heterocycles. The van der Waals surface area contributed by atoms with Gasteiger partial charge in [-0.15, -0.1) is 0 Å². The molecule has 0 aliphatic rings. The minimum absolute atomic E-state index is 0.0791. The minimum atomic E-state index is -3.86. The minimum Gasteiger partial charge on any atom is -0.480 e. The number of hydrogen-bond acceptors (Lipinski definition) is 3. The smallest absolute Gasteiger partial charge is 0.324 e. The first kappa shape index (κ1) is 17.7. The van der Waals surface area contributed by atoms with Crippen LogP contribution in [0.15, 0.2) is 29.2 Å². The van der Waals surface area contributed by atoms with E-state index in [1.54, 1.807) is 19.1 Å². The fourth-order valence-corrected chi connectivity index (χ4v) is 3.27. The molecule has 0 amide bonds. The largest absolute Gasteiger partial charge is 0.480 e. The third kappa shape index (κ3) is 4.04. The second-order valence-corrected chi connectivity index (χ2v) is 7.16. The lowest BCUT2D eigenvalue weighted by atomic mass is 9.99. The lowest BCUT2D eigenvalue weighted by Crippen LogP contribution is -2.51. The summed E-state index contributed by atoms with van der Waals surface area (Å²) in [7, 11) is -3.86. The fraction of sp³-hybridized carbons (Fsp3) is 0.533. The molecule has 118 valence electrons. The maximum atomic E-state index is 12.3. The molecule has 2 atom stereocenters. The van der Waals surface area contributed by atoms with Crippen LogP contribution in [0.25, 0.3) is 0 Å². The lowest BCUT2D eigenvalue weighted by molar-refractivity contribution is -0.143. The summed E-state index contributed by atoms with van der Waals surface area (Å²) in [6.07, 6.45) is 1.13. The summed E-state index contributed by atoms with van der Waals surface area (Å²) in [4.78, 5) is 11.3. The second kappa shape index (κ2) is 6.58. The Labute approximate surface area is 126 Å². The molecule has 0 aliphatic carbocycles. The Kier molecular flexibility index (Phi) is 5.53. The Balaban J connectivity index is 3.06. The van der Waals surface area contributed by atoms with Crippen molar-refractivity contribution in [1.29, 1.82) is 0 Å². The predicted octanol–water partition coefficient (Wildman–Crippen LogP) is 2.73. The van der Waals surface area contributed by atoms with E-state index in [0.717, 1.165) is 12.0 Å². The third-order valence-corrected chi connectivity index (χ3v) is 5.52. The number of aliphatic carboxylic acids is 1. The summed E-state index contributed by atoms with van der Waals surface area (Å²) in [6, 6.07) is 6.57. The van der Waals surface area contributed by atoms with Crippen LogP contribution in [0.5, 0.6) is 0 Å². The Bertz CT molecular complexity index is 595. The van der Waals surface area contributed by atoms with Crippen LogP contribution in [-0.2, 0) is 14.8 Å². The van der Waals surface area contributed by atoms with E-state index in [1.807, 2.05) is 0 Å². The van der Waals surface area contributed by atoms with Gasteiger partial charge in [0.2, 0.25) is 10.0 Å². The van der Waals surface area contributed by atoms with Gasteiger partial charge in [-0.3, -0.25) is 4.79 Å². The van der Waals surface area contributed by atoms with Crippen molar-refractivity contribution in [3.63, 3.8) is 0 Å². The van der Waals surface area contributed by atoms with E-state index in [4.69, 9.17) is 5.11 Å². The molecular weight excluding hydrogens is 290 g/mol. The zero-order valence-electron chi connectivity index (χ0n) is 12.9. The van der Waals surface area contributed by atoms with E-state index in [0.29, 0.717) is 5.92 Å². The van der Waals surface area contributed by atoms with Crippen molar-refractivity contribution in [3.8, 4) is 0 Å². The number of rotatable bonds is 7. The van der Waals surface area contributed by atoms with Gasteiger partial charge in [-0.25, -0.2) is 8.42 Å². The van der Waals surface area contributed by atoms with E-state index in [1.165, 1.54) is 19.1 Å². The number of carboxylic acid groups (broad SMARTS) is 1. The number of carboxylic acids is 1. The molecule has 2 N–H and O–H groups in total. The van der Waals surface area contributed by atoms with Gasteiger partial charge in [0.15, 0.2) is 0 Å². The molecule has 0 bridgehead atoms. The highest BCUT2D eigenvalue weighted by Gasteiger charge is 2.36. The van der Waals surface area contributed by atoms with Crippen molar-refractivity contribution in [3.05, 3.63) is 29.8 Å². The molecule has 0 saturated carbocycles. The van der Waals surface area contributed by atoms with Crippen molar-refractivity contribution in [2.24, 2.45) is 0 Å². The highest BCUT2D eigenvalue weighted by atomic mass is 32.2. The van der Waals surface area contributed by atoms with Gasteiger partial charge < -0.3 is 5.11 Å². The van der Waals surface area contributed by atoms with Crippen molar-refractivity contribution >= 4 is 16.0 Å². The molecule has 0 aliphatic heterocycles. The molecule has 0 radical (unpaired) electrons. The Morgan fingerprint density at radius 2 is 1.81 bits per heavy atom. The zero-order chi connectivity index (χ0) is 16.3. The summed E-state index contributed by atoms with van der Waals surface area (Å²) in [6.45, 7) is 7.12. The van der Waals surface area contributed by atoms with Gasteiger partial charge in [-0.2, -0.15) is 4.72 Å². The summed E-state index contributed by atoms with van der Waals surface area (Å²) >= 11 is 0. The Hall–Kier alpha value is -1.40. The van der Waals surface area contributed by atoms with Crippen molar-refractivity contribution in [2.75, 3.05) is 0 Å². The summed E-state index contributed by atoms with van der Waals surface area (Å²) in [5.74, 6) is -0.834. The summed E-state index contributed by atoms with van der Waals surface area (Å²) < 4.78 is 26.8.